The van der Waals surface area contributed by atoms with E-state index in [0.29, 0.717) is 30.2 Å². The Morgan fingerprint density at radius 2 is 1.87 bits per heavy atom. The van der Waals surface area contributed by atoms with Crippen LogP contribution in [0.1, 0.15) is 36.5 Å². The summed E-state index contributed by atoms with van der Waals surface area (Å²) in [5, 5.41) is 6.46. The molecule has 0 radical (unpaired) electrons. The van der Waals surface area contributed by atoms with E-state index in [1.807, 2.05) is 31.2 Å². The van der Waals surface area contributed by atoms with E-state index in [0.717, 1.165) is 17.6 Å². The molecule has 0 saturated heterocycles. The van der Waals surface area contributed by atoms with Gasteiger partial charge in [0.1, 0.15) is 11.6 Å². The first-order chi connectivity index (χ1) is 14.2. The first kappa shape index (κ1) is 27.2. The second kappa shape index (κ2) is 12.8. The Kier molecular flexibility index (Phi) is 11.3. The molecule has 172 valence electrons. The van der Waals surface area contributed by atoms with Gasteiger partial charge >= 0.3 is 0 Å². The zero-order chi connectivity index (χ0) is 22.1. The van der Waals surface area contributed by atoms with Crippen LogP contribution in [0.15, 0.2) is 47.5 Å². The Bertz CT molecular complexity index is 984. The van der Waals surface area contributed by atoms with Crippen molar-refractivity contribution in [2.24, 2.45) is 4.99 Å². The number of guanidine groups is 1. The smallest absolute Gasteiger partial charge is 0.191 e. The largest absolute Gasteiger partial charge is 0.496 e. The molecule has 0 amide bonds. The minimum atomic E-state index is -3.23. The highest BCUT2D eigenvalue weighted by molar-refractivity contribution is 14.0. The fourth-order valence-electron chi connectivity index (χ4n) is 3.10. The molecular formula is C22H31FIN3O3S. The summed E-state index contributed by atoms with van der Waals surface area (Å²) in [7, 11) is -1.58. The second-order valence-corrected chi connectivity index (χ2v) is 9.34. The molecule has 0 aliphatic heterocycles. The lowest BCUT2D eigenvalue weighted by molar-refractivity contribution is 0.406. The van der Waals surface area contributed by atoms with Crippen LogP contribution in [0.4, 0.5) is 4.39 Å². The number of nitrogens with zero attached hydrogens (tertiary/aromatic N) is 1. The first-order valence-corrected chi connectivity index (χ1v) is 11.9. The van der Waals surface area contributed by atoms with E-state index in [4.69, 9.17) is 4.74 Å². The molecule has 6 nitrogen and oxygen atoms in total. The van der Waals surface area contributed by atoms with Crippen molar-refractivity contribution in [1.29, 1.82) is 0 Å². The van der Waals surface area contributed by atoms with E-state index >= 15 is 0 Å². The van der Waals surface area contributed by atoms with Gasteiger partial charge in [0.25, 0.3) is 0 Å². The number of rotatable bonds is 9. The summed E-state index contributed by atoms with van der Waals surface area (Å²) in [6.45, 7) is 5.49. The lowest BCUT2D eigenvalue weighted by Crippen LogP contribution is -2.39. The minimum Gasteiger partial charge on any atom is -0.496 e. The monoisotopic (exact) mass is 563 g/mol. The zero-order valence-corrected chi connectivity index (χ0v) is 21.5. The summed E-state index contributed by atoms with van der Waals surface area (Å²) in [5.74, 6) is 1.01. The number of hydrogen-bond acceptors (Lipinski definition) is 4. The Hall–Kier alpha value is -1.88. The van der Waals surface area contributed by atoms with Crippen molar-refractivity contribution in [2.45, 2.75) is 32.1 Å². The van der Waals surface area contributed by atoms with Crippen LogP contribution in [-0.2, 0) is 22.1 Å². The van der Waals surface area contributed by atoms with Gasteiger partial charge in [-0.3, -0.25) is 0 Å². The van der Waals surface area contributed by atoms with Crippen molar-refractivity contribution < 1.29 is 17.5 Å². The number of nitrogens with one attached hydrogen (secondary N) is 2. The molecule has 0 fully saturated rings. The topological polar surface area (TPSA) is 79.8 Å². The van der Waals surface area contributed by atoms with Gasteiger partial charge in [-0.15, -0.1) is 24.0 Å². The molecule has 31 heavy (non-hydrogen) atoms. The SMILES string of the molecule is CCNC(=NCc1cc(F)ccc1CS(C)(=O)=O)NCC(C)c1ccccc1OC.I. The average molecular weight is 563 g/mol. The number of sulfone groups is 1. The van der Waals surface area contributed by atoms with Crippen molar-refractivity contribution in [1.82, 2.24) is 10.6 Å². The standard InChI is InChI=1S/C22H30FN3O3S.HI/c1-5-24-22(25-13-16(2)20-8-6-7-9-21(20)29-3)26-14-18-12-19(23)11-10-17(18)15-30(4,27)28;/h6-12,16H,5,13-15H2,1-4H3,(H2,24,25,26);1H. The molecule has 1 unspecified atom stereocenters. The van der Waals surface area contributed by atoms with Crippen molar-refractivity contribution in [3.8, 4) is 5.75 Å². The molecule has 1 atom stereocenters. The molecule has 0 aliphatic rings. The van der Waals surface area contributed by atoms with Gasteiger partial charge in [-0.1, -0.05) is 31.2 Å². The molecule has 0 spiro atoms. The van der Waals surface area contributed by atoms with E-state index in [-0.39, 0.29) is 42.2 Å². The summed E-state index contributed by atoms with van der Waals surface area (Å²) in [5.41, 5.74) is 2.19. The normalized spacial score (nSPS) is 12.6. The third-order valence-electron chi connectivity index (χ3n) is 4.58. The van der Waals surface area contributed by atoms with E-state index < -0.39 is 15.7 Å². The maximum Gasteiger partial charge on any atom is 0.191 e. The second-order valence-electron chi connectivity index (χ2n) is 7.20. The fourth-order valence-corrected chi connectivity index (χ4v) is 3.95. The van der Waals surface area contributed by atoms with Gasteiger partial charge in [-0.05, 0) is 41.8 Å². The van der Waals surface area contributed by atoms with Gasteiger partial charge in [-0.25, -0.2) is 17.8 Å². The van der Waals surface area contributed by atoms with E-state index in [1.54, 1.807) is 7.11 Å². The molecule has 0 heterocycles. The average Bonchev–Trinajstić information content (AvgIpc) is 2.70. The number of methoxy groups -OCH3 is 1. The molecule has 9 heteroatoms. The highest BCUT2D eigenvalue weighted by Crippen LogP contribution is 2.25. The van der Waals surface area contributed by atoms with Crippen molar-refractivity contribution in [3.63, 3.8) is 0 Å². The molecule has 2 aromatic carbocycles. The van der Waals surface area contributed by atoms with Crippen molar-refractivity contribution >= 4 is 39.8 Å². The van der Waals surface area contributed by atoms with Crippen LogP contribution in [0.2, 0.25) is 0 Å². The van der Waals surface area contributed by atoms with Crippen LogP contribution < -0.4 is 15.4 Å². The lowest BCUT2D eigenvalue weighted by Gasteiger charge is -2.18. The summed E-state index contributed by atoms with van der Waals surface area (Å²) in [6, 6.07) is 12.0. The molecule has 2 rings (SSSR count). The van der Waals surface area contributed by atoms with E-state index in [1.165, 1.54) is 18.2 Å². The minimum absolute atomic E-state index is 0. The quantitative estimate of drug-likeness (QED) is 0.275. The molecular weight excluding hydrogens is 532 g/mol. The molecule has 0 bridgehead atoms. The van der Waals surface area contributed by atoms with Crippen LogP contribution in [0.25, 0.3) is 0 Å². The maximum absolute atomic E-state index is 13.7. The molecule has 0 saturated carbocycles. The number of ether oxygens (including phenoxy) is 1. The molecule has 0 aromatic heterocycles. The summed E-state index contributed by atoms with van der Waals surface area (Å²) < 4.78 is 42.5. The van der Waals surface area contributed by atoms with Crippen LogP contribution in [-0.4, -0.2) is 40.8 Å². The van der Waals surface area contributed by atoms with Crippen LogP contribution in [0.5, 0.6) is 5.75 Å². The van der Waals surface area contributed by atoms with Crippen LogP contribution in [0, 0.1) is 5.82 Å². The number of para-hydroxylation sites is 1. The maximum atomic E-state index is 13.7. The van der Waals surface area contributed by atoms with Gasteiger partial charge < -0.3 is 15.4 Å². The predicted octanol–water partition coefficient (Wildman–Crippen LogP) is 3.86. The fraction of sp³-hybridized carbons (Fsp3) is 0.409. The zero-order valence-electron chi connectivity index (χ0n) is 18.3. The van der Waals surface area contributed by atoms with Crippen LogP contribution >= 0.6 is 24.0 Å². The van der Waals surface area contributed by atoms with Crippen molar-refractivity contribution in [2.75, 3.05) is 26.5 Å². The lowest BCUT2D eigenvalue weighted by atomic mass is 10.0. The van der Waals surface area contributed by atoms with E-state index in [9.17, 15) is 12.8 Å². The molecule has 2 aromatic rings. The van der Waals surface area contributed by atoms with Gasteiger partial charge in [0, 0.05) is 25.3 Å². The number of aliphatic imine (C=N–C) groups is 1. The number of benzene rings is 2. The van der Waals surface area contributed by atoms with Gasteiger partial charge in [0.15, 0.2) is 15.8 Å². The van der Waals surface area contributed by atoms with E-state index in [2.05, 4.69) is 22.5 Å². The Balaban J connectivity index is 0.00000480. The molecule has 0 aliphatic carbocycles. The van der Waals surface area contributed by atoms with Gasteiger partial charge in [0.2, 0.25) is 0 Å². The number of halogens is 2. The van der Waals surface area contributed by atoms with Crippen LogP contribution in [0.3, 0.4) is 0 Å². The predicted molar refractivity (Wildman–Crippen MR) is 135 cm³/mol. The van der Waals surface area contributed by atoms with Crippen molar-refractivity contribution in [3.05, 3.63) is 65.0 Å². The third kappa shape index (κ3) is 9.02. The summed E-state index contributed by atoms with van der Waals surface area (Å²) in [4.78, 5) is 4.53. The molecule has 2 N–H and O–H groups in total. The highest BCUT2D eigenvalue weighted by Gasteiger charge is 2.13. The summed E-state index contributed by atoms with van der Waals surface area (Å²) in [6.07, 6.45) is 1.16. The van der Waals surface area contributed by atoms with Gasteiger partial charge in [0.05, 0.1) is 19.4 Å². The Morgan fingerprint density at radius 1 is 1.16 bits per heavy atom. The Morgan fingerprint density at radius 3 is 2.52 bits per heavy atom. The Labute approximate surface area is 201 Å². The highest BCUT2D eigenvalue weighted by atomic mass is 127. The number of hydrogen-bond donors (Lipinski definition) is 2. The third-order valence-corrected chi connectivity index (χ3v) is 5.42. The summed E-state index contributed by atoms with van der Waals surface area (Å²) >= 11 is 0. The van der Waals surface area contributed by atoms with Gasteiger partial charge in [-0.2, -0.15) is 0 Å². The first-order valence-electron chi connectivity index (χ1n) is 9.83.